The van der Waals surface area contributed by atoms with Crippen LogP contribution in [0, 0.1) is 5.92 Å². The molecule has 0 bridgehead atoms. The van der Waals surface area contributed by atoms with E-state index in [4.69, 9.17) is 5.11 Å². The molecular formula is C13H19NO3S. The van der Waals surface area contributed by atoms with Gasteiger partial charge in [0.2, 0.25) is 0 Å². The maximum absolute atomic E-state index is 11.9. The van der Waals surface area contributed by atoms with Crippen molar-refractivity contribution in [3.8, 4) is 0 Å². The first-order chi connectivity index (χ1) is 8.54. The van der Waals surface area contributed by atoms with Gasteiger partial charge in [-0.2, -0.15) is 0 Å². The molecule has 0 aliphatic carbocycles. The van der Waals surface area contributed by atoms with Crippen LogP contribution in [0.1, 0.15) is 41.9 Å². The van der Waals surface area contributed by atoms with Crippen LogP contribution in [-0.4, -0.2) is 23.5 Å². The topological polar surface area (TPSA) is 66.4 Å². The van der Waals surface area contributed by atoms with Gasteiger partial charge in [0.15, 0.2) is 0 Å². The molecule has 0 aromatic carbocycles. The van der Waals surface area contributed by atoms with Gasteiger partial charge in [0.25, 0.3) is 5.91 Å². The molecule has 2 N–H and O–H groups in total. The van der Waals surface area contributed by atoms with Gasteiger partial charge in [-0.25, -0.2) is 0 Å². The molecule has 0 radical (unpaired) electrons. The molecular weight excluding hydrogens is 250 g/mol. The minimum Gasteiger partial charge on any atom is -0.481 e. The number of aliphatic carboxylic acids is 1. The summed E-state index contributed by atoms with van der Waals surface area (Å²) in [5.41, 5.74) is 1.07. The fourth-order valence-electron chi connectivity index (χ4n) is 1.63. The van der Waals surface area contributed by atoms with Crippen LogP contribution in [0.2, 0.25) is 0 Å². The molecule has 0 aliphatic rings. The van der Waals surface area contributed by atoms with Crippen molar-refractivity contribution in [3.63, 3.8) is 0 Å². The molecule has 1 aromatic heterocycles. The molecule has 1 rings (SSSR count). The molecule has 0 spiro atoms. The quantitative estimate of drug-likeness (QED) is 0.799. The highest BCUT2D eigenvalue weighted by Crippen LogP contribution is 2.17. The summed E-state index contributed by atoms with van der Waals surface area (Å²) in [5, 5.41) is 13.4. The lowest BCUT2D eigenvalue weighted by Crippen LogP contribution is -2.28. The normalized spacial score (nSPS) is 12.1. The highest BCUT2D eigenvalue weighted by Gasteiger charge is 2.13. The van der Waals surface area contributed by atoms with Crippen LogP contribution >= 0.6 is 11.3 Å². The number of carbonyl (C=O) groups excluding carboxylic acids is 1. The summed E-state index contributed by atoms with van der Waals surface area (Å²) < 4.78 is 0. The molecule has 0 saturated carbocycles. The zero-order valence-corrected chi connectivity index (χ0v) is 11.5. The van der Waals surface area contributed by atoms with Crippen molar-refractivity contribution in [1.29, 1.82) is 0 Å². The average Bonchev–Trinajstić information content (AvgIpc) is 2.81. The highest BCUT2D eigenvalue weighted by atomic mass is 32.1. The molecule has 0 fully saturated rings. The van der Waals surface area contributed by atoms with Gasteiger partial charge in [-0.3, -0.25) is 9.59 Å². The third kappa shape index (κ3) is 4.49. The lowest BCUT2D eigenvalue weighted by Gasteiger charge is -2.11. The standard InChI is InChI=1S/C13H19NO3S/c1-3-10-6-7-18-12(10)13(17)14-8-9(2)4-5-11(15)16/h6-7,9H,3-5,8H2,1-2H3,(H,14,17)(H,15,16). The van der Waals surface area contributed by atoms with Gasteiger partial charge in [0.05, 0.1) is 4.88 Å². The summed E-state index contributed by atoms with van der Waals surface area (Å²) in [6.07, 6.45) is 1.58. The smallest absolute Gasteiger partial charge is 0.303 e. The summed E-state index contributed by atoms with van der Waals surface area (Å²) in [5.74, 6) is -0.668. The molecule has 0 aliphatic heterocycles. The molecule has 1 amide bonds. The van der Waals surface area contributed by atoms with Gasteiger partial charge in [0, 0.05) is 13.0 Å². The minimum atomic E-state index is -0.792. The van der Waals surface area contributed by atoms with E-state index in [9.17, 15) is 9.59 Å². The maximum atomic E-state index is 11.9. The summed E-state index contributed by atoms with van der Waals surface area (Å²) in [4.78, 5) is 23.1. The summed E-state index contributed by atoms with van der Waals surface area (Å²) in [6, 6.07) is 1.97. The zero-order valence-electron chi connectivity index (χ0n) is 10.7. The van der Waals surface area contributed by atoms with Crippen molar-refractivity contribution in [2.45, 2.75) is 33.1 Å². The lowest BCUT2D eigenvalue weighted by molar-refractivity contribution is -0.137. The number of carboxylic acid groups (broad SMARTS) is 1. The Morgan fingerprint density at radius 1 is 1.50 bits per heavy atom. The summed E-state index contributed by atoms with van der Waals surface area (Å²) >= 11 is 1.45. The van der Waals surface area contributed by atoms with Gasteiger partial charge >= 0.3 is 5.97 Å². The third-order valence-corrected chi connectivity index (χ3v) is 3.75. The van der Waals surface area contributed by atoms with Gasteiger partial charge in [0.1, 0.15) is 0 Å². The second-order valence-electron chi connectivity index (χ2n) is 4.38. The number of thiophene rings is 1. The predicted octanol–water partition coefficient (Wildman–Crippen LogP) is 2.54. The van der Waals surface area contributed by atoms with Crippen LogP contribution in [0.15, 0.2) is 11.4 Å². The Balaban J connectivity index is 2.39. The molecule has 100 valence electrons. The summed E-state index contributed by atoms with van der Waals surface area (Å²) in [6.45, 7) is 4.49. The van der Waals surface area contributed by atoms with Crippen LogP contribution in [-0.2, 0) is 11.2 Å². The second kappa shape index (κ2) is 7.16. The Morgan fingerprint density at radius 2 is 2.22 bits per heavy atom. The number of amides is 1. The van der Waals surface area contributed by atoms with Crippen LogP contribution < -0.4 is 5.32 Å². The molecule has 5 heteroatoms. The van der Waals surface area contributed by atoms with Crippen molar-refractivity contribution in [2.75, 3.05) is 6.54 Å². The Labute approximate surface area is 111 Å². The number of aryl methyl sites for hydroxylation is 1. The summed E-state index contributed by atoms with van der Waals surface area (Å²) in [7, 11) is 0. The second-order valence-corrected chi connectivity index (χ2v) is 5.29. The molecule has 1 atom stereocenters. The molecule has 1 aromatic rings. The van der Waals surface area contributed by atoms with Crippen LogP contribution in [0.25, 0.3) is 0 Å². The van der Waals surface area contributed by atoms with E-state index in [1.807, 2.05) is 25.3 Å². The predicted molar refractivity (Wildman–Crippen MR) is 72.1 cm³/mol. The van der Waals surface area contributed by atoms with Gasteiger partial charge in [-0.15, -0.1) is 11.3 Å². The Kier molecular flexibility index (Phi) is 5.85. The molecule has 1 heterocycles. The highest BCUT2D eigenvalue weighted by molar-refractivity contribution is 7.12. The van der Waals surface area contributed by atoms with Crippen molar-refractivity contribution in [3.05, 3.63) is 21.9 Å². The van der Waals surface area contributed by atoms with E-state index in [0.717, 1.165) is 16.9 Å². The van der Waals surface area contributed by atoms with E-state index in [1.54, 1.807) is 0 Å². The van der Waals surface area contributed by atoms with Crippen molar-refractivity contribution in [1.82, 2.24) is 5.32 Å². The largest absolute Gasteiger partial charge is 0.481 e. The number of hydrogen-bond acceptors (Lipinski definition) is 3. The lowest BCUT2D eigenvalue weighted by atomic mass is 10.1. The number of hydrogen-bond donors (Lipinski definition) is 2. The SMILES string of the molecule is CCc1ccsc1C(=O)NCC(C)CCC(=O)O. The van der Waals surface area contributed by atoms with Gasteiger partial charge < -0.3 is 10.4 Å². The van der Waals surface area contributed by atoms with E-state index in [-0.39, 0.29) is 18.2 Å². The maximum Gasteiger partial charge on any atom is 0.303 e. The fraction of sp³-hybridized carbons (Fsp3) is 0.538. The monoisotopic (exact) mass is 269 g/mol. The third-order valence-electron chi connectivity index (χ3n) is 2.80. The number of carboxylic acids is 1. The number of nitrogens with one attached hydrogen (secondary N) is 1. The van der Waals surface area contributed by atoms with Crippen molar-refractivity contribution >= 4 is 23.2 Å². The van der Waals surface area contributed by atoms with Crippen molar-refractivity contribution < 1.29 is 14.7 Å². The Bertz CT molecular complexity index is 414. The Morgan fingerprint density at radius 3 is 2.83 bits per heavy atom. The first kappa shape index (κ1) is 14.7. The van der Waals surface area contributed by atoms with E-state index in [0.29, 0.717) is 13.0 Å². The van der Waals surface area contributed by atoms with E-state index < -0.39 is 5.97 Å². The van der Waals surface area contributed by atoms with Crippen molar-refractivity contribution in [2.24, 2.45) is 5.92 Å². The number of carbonyl (C=O) groups is 2. The first-order valence-electron chi connectivity index (χ1n) is 6.11. The van der Waals surface area contributed by atoms with Gasteiger partial charge in [-0.05, 0) is 35.8 Å². The fourth-order valence-corrected chi connectivity index (χ4v) is 2.54. The average molecular weight is 269 g/mol. The molecule has 1 unspecified atom stereocenters. The Hall–Kier alpha value is -1.36. The van der Waals surface area contributed by atoms with E-state index >= 15 is 0 Å². The molecule has 0 saturated heterocycles. The first-order valence-corrected chi connectivity index (χ1v) is 6.98. The van der Waals surface area contributed by atoms with E-state index in [2.05, 4.69) is 5.32 Å². The number of rotatable bonds is 7. The zero-order chi connectivity index (χ0) is 13.5. The van der Waals surface area contributed by atoms with Crippen LogP contribution in [0.5, 0.6) is 0 Å². The van der Waals surface area contributed by atoms with E-state index in [1.165, 1.54) is 11.3 Å². The molecule has 18 heavy (non-hydrogen) atoms. The molecule has 4 nitrogen and oxygen atoms in total. The van der Waals surface area contributed by atoms with Gasteiger partial charge in [-0.1, -0.05) is 13.8 Å². The minimum absolute atomic E-state index is 0.0518. The van der Waals surface area contributed by atoms with Crippen LogP contribution in [0.3, 0.4) is 0 Å². The van der Waals surface area contributed by atoms with Crippen LogP contribution in [0.4, 0.5) is 0 Å².